The van der Waals surface area contributed by atoms with Gasteiger partial charge in [-0.25, -0.2) is 9.98 Å². The van der Waals surface area contributed by atoms with E-state index in [0.29, 0.717) is 18.4 Å². The van der Waals surface area contributed by atoms with Crippen LogP contribution in [0.4, 0.5) is 0 Å². The SMILES string of the molecule is CCNC(=NCc1nc(C)c(C)o1)NCC(C)c1cccs1. The Bertz CT molecular complexity index is 584. The zero-order valence-corrected chi connectivity index (χ0v) is 14.5. The Morgan fingerprint density at radius 2 is 2.23 bits per heavy atom. The number of aliphatic imine (C=N–C) groups is 1. The lowest BCUT2D eigenvalue weighted by molar-refractivity contribution is 0.472. The molecular formula is C16H24N4OS. The molecule has 0 saturated carbocycles. The molecule has 0 bridgehead atoms. The molecule has 0 radical (unpaired) electrons. The maximum Gasteiger partial charge on any atom is 0.216 e. The maximum atomic E-state index is 5.56. The van der Waals surface area contributed by atoms with Gasteiger partial charge in [-0.3, -0.25) is 0 Å². The molecule has 2 rings (SSSR count). The van der Waals surface area contributed by atoms with Crippen molar-refractivity contribution < 1.29 is 4.42 Å². The Labute approximate surface area is 135 Å². The van der Waals surface area contributed by atoms with Gasteiger partial charge in [0.15, 0.2) is 5.96 Å². The lowest BCUT2D eigenvalue weighted by Gasteiger charge is -2.14. The first-order valence-corrected chi connectivity index (χ1v) is 8.46. The van der Waals surface area contributed by atoms with Crippen LogP contribution in [0.25, 0.3) is 0 Å². The summed E-state index contributed by atoms with van der Waals surface area (Å²) in [5.41, 5.74) is 0.925. The molecule has 0 aromatic carbocycles. The van der Waals surface area contributed by atoms with Crippen LogP contribution in [0.2, 0.25) is 0 Å². The van der Waals surface area contributed by atoms with Gasteiger partial charge in [-0.2, -0.15) is 0 Å². The Hall–Kier alpha value is -1.82. The summed E-state index contributed by atoms with van der Waals surface area (Å²) in [5, 5.41) is 8.73. The van der Waals surface area contributed by atoms with Crippen LogP contribution in [0.5, 0.6) is 0 Å². The molecule has 22 heavy (non-hydrogen) atoms. The number of aromatic nitrogens is 1. The average Bonchev–Trinajstić information content (AvgIpc) is 3.12. The van der Waals surface area contributed by atoms with Crippen LogP contribution in [0, 0.1) is 13.8 Å². The van der Waals surface area contributed by atoms with Gasteiger partial charge in [0.05, 0.1) is 5.69 Å². The number of hydrogen-bond donors (Lipinski definition) is 2. The molecule has 0 spiro atoms. The van der Waals surface area contributed by atoms with E-state index < -0.39 is 0 Å². The summed E-state index contributed by atoms with van der Waals surface area (Å²) in [5.74, 6) is 2.75. The minimum absolute atomic E-state index is 0.442. The number of thiophene rings is 1. The molecule has 0 aliphatic carbocycles. The minimum Gasteiger partial charge on any atom is -0.444 e. The highest BCUT2D eigenvalue weighted by Crippen LogP contribution is 2.19. The number of nitrogens with one attached hydrogen (secondary N) is 2. The predicted octanol–water partition coefficient (Wildman–Crippen LogP) is 3.21. The summed E-state index contributed by atoms with van der Waals surface area (Å²) in [4.78, 5) is 10.3. The molecule has 6 heteroatoms. The second kappa shape index (κ2) is 7.98. The summed E-state index contributed by atoms with van der Waals surface area (Å²) in [6.07, 6.45) is 0. The van der Waals surface area contributed by atoms with Crippen molar-refractivity contribution in [3.8, 4) is 0 Å². The van der Waals surface area contributed by atoms with Gasteiger partial charge in [0.1, 0.15) is 12.3 Å². The first kappa shape index (κ1) is 16.5. The van der Waals surface area contributed by atoms with Gasteiger partial charge < -0.3 is 15.1 Å². The standard InChI is InChI=1S/C16H24N4OS/c1-5-17-16(18-9-11(2)14-7-6-8-22-14)19-10-15-20-12(3)13(4)21-15/h6-8,11H,5,9-10H2,1-4H3,(H2,17,18,19). The van der Waals surface area contributed by atoms with Crippen LogP contribution >= 0.6 is 11.3 Å². The van der Waals surface area contributed by atoms with Gasteiger partial charge in [-0.05, 0) is 32.2 Å². The van der Waals surface area contributed by atoms with Crippen molar-refractivity contribution >= 4 is 17.3 Å². The van der Waals surface area contributed by atoms with Gasteiger partial charge in [-0.15, -0.1) is 11.3 Å². The summed E-state index contributed by atoms with van der Waals surface area (Å²) in [6.45, 7) is 10.2. The number of hydrogen-bond acceptors (Lipinski definition) is 4. The van der Waals surface area contributed by atoms with E-state index in [1.165, 1.54) is 4.88 Å². The molecule has 5 nitrogen and oxygen atoms in total. The Morgan fingerprint density at radius 3 is 2.82 bits per heavy atom. The van der Waals surface area contributed by atoms with Gasteiger partial charge in [-0.1, -0.05) is 13.0 Å². The number of aryl methyl sites for hydroxylation is 2. The largest absolute Gasteiger partial charge is 0.444 e. The van der Waals surface area contributed by atoms with Crippen molar-refractivity contribution in [3.05, 3.63) is 39.7 Å². The first-order chi connectivity index (χ1) is 10.6. The molecule has 0 aliphatic rings. The molecule has 0 aliphatic heterocycles. The van der Waals surface area contributed by atoms with Crippen LogP contribution in [-0.4, -0.2) is 24.0 Å². The minimum atomic E-state index is 0.442. The zero-order chi connectivity index (χ0) is 15.9. The molecule has 1 atom stereocenters. The third-order valence-corrected chi connectivity index (χ3v) is 4.50. The first-order valence-electron chi connectivity index (χ1n) is 7.58. The molecule has 2 N–H and O–H groups in total. The van der Waals surface area contributed by atoms with Crippen molar-refractivity contribution in [2.45, 2.75) is 40.2 Å². The van der Waals surface area contributed by atoms with Crippen molar-refractivity contribution in [2.24, 2.45) is 4.99 Å². The number of guanidine groups is 1. The van der Waals surface area contributed by atoms with Crippen molar-refractivity contribution in [1.29, 1.82) is 0 Å². The van der Waals surface area contributed by atoms with Crippen molar-refractivity contribution in [2.75, 3.05) is 13.1 Å². The molecular weight excluding hydrogens is 296 g/mol. The lowest BCUT2D eigenvalue weighted by atomic mass is 10.1. The van der Waals surface area contributed by atoms with Crippen LogP contribution < -0.4 is 10.6 Å². The average molecular weight is 320 g/mol. The van der Waals surface area contributed by atoms with Crippen LogP contribution in [-0.2, 0) is 6.54 Å². The van der Waals surface area contributed by atoms with E-state index >= 15 is 0 Å². The summed E-state index contributed by atoms with van der Waals surface area (Å²) < 4.78 is 5.56. The highest BCUT2D eigenvalue weighted by atomic mass is 32.1. The van der Waals surface area contributed by atoms with E-state index in [2.05, 4.69) is 52.0 Å². The summed E-state index contributed by atoms with van der Waals surface area (Å²) >= 11 is 1.79. The maximum absolute atomic E-state index is 5.56. The highest BCUT2D eigenvalue weighted by molar-refractivity contribution is 7.10. The fourth-order valence-corrected chi connectivity index (χ4v) is 2.80. The normalized spacial score (nSPS) is 13.2. The second-order valence-corrected chi connectivity index (χ2v) is 6.22. The Kier molecular flexibility index (Phi) is 6.00. The molecule has 0 saturated heterocycles. The molecule has 1 unspecified atom stereocenters. The lowest BCUT2D eigenvalue weighted by Crippen LogP contribution is -2.39. The Balaban J connectivity index is 1.92. The van der Waals surface area contributed by atoms with Gasteiger partial charge in [0.2, 0.25) is 5.89 Å². The second-order valence-electron chi connectivity index (χ2n) is 5.24. The fraction of sp³-hybridized carbons (Fsp3) is 0.500. The molecule has 2 heterocycles. The van der Waals surface area contributed by atoms with E-state index in [1.807, 2.05) is 13.8 Å². The quantitative estimate of drug-likeness (QED) is 0.634. The summed E-state index contributed by atoms with van der Waals surface area (Å²) in [6, 6.07) is 4.25. The van der Waals surface area contributed by atoms with E-state index in [-0.39, 0.29) is 0 Å². The smallest absolute Gasteiger partial charge is 0.216 e. The third-order valence-electron chi connectivity index (χ3n) is 3.39. The van der Waals surface area contributed by atoms with E-state index in [9.17, 15) is 0 Å². The van der Waals surface area contributed by atoms with E-state index in [0.717, 1.165) is 30.5 Å². The topological polar surface area (TPSA) is 62.5 Å². The third kappa shape index (κ3) is 4.59. The van der Waals surface area contributed by atoms with E-state index in [1.54, 1.807) is 11.3 Å². The highest BCUT2D eigenvalue weighted by Gasteiger charge is 2.08. The zero-order valence-electron chi connectivity index (χ0n) is 13.6. The summed E-state index contributed by atoms with van der Waals surface area (Å²) in [7, 11) is 0. The fourth-order valence-electron chi connectivity index (χ4n) is 2.02. The van der Waals surface area contributed by atoms with E-state index in [4.69, 9.17) is 4.42 Å². The molecule has 2 aromatic heterocycles. The van der Waals surface area contributed by atoms with Crippen LogP contribution in [0.1, 0.15) is 42.0 Å². The number of nitrogens with zero attached hydrogens (tertiary/aromatic N) is 2. The molecule has 0 amide bonds. The van der Waals surface area contributed by atoms with Crippen molar-refractivity contribution in [3.63, 3.8) is 0 Å². The molecule has 0 fully saturated rings. The van der Waals surface area contributed by atoms with Crippen molar-refractivity contribution in [1.82, 2.24) is 15.6 Å². The van der Waals surface area contributed by atoms with Gasteiger partial charge >= 0.3 is 0 Å². The Morgan fingerprint density at radius 1 is 1.41 bits per heavy atom. The monoisotopic (exact) mass is 320 g/mol. The number of rotatable bonds is 6. The molecule has 120 valence electrons. The van der Waals surface area contributed by atoms with Crippen LogP contribution in [0.3, 0.4) is 0 Å². The predicted molar refractivity (Wildman–Crippen MR) is 91.5 cm³/mol. The van der Waals surface area contributed by atoms with Gasteiger partial charge in [0.25, 0.3) is 0 Å². The van der Waals surface area contributed by atoms with Crippen LogP contribution in [0.15, 0.2) is 26.9 Å². The number of oxazole rings is 1. The van der Waals surface area contributed by atoms with Gasteiger partial charge in [0, 0.05) is 23.9 Å². The molecule has 2 aromatic rings.